The van der Waals surface area contributed by atoms with Crippen LogP contribution in [0.2, 0.25) is 0 Å². The number of aromatic nitrogens is 2. The van der Waals surface area contributed by atoms with Gasteiger partial charge in [0.2, 0.25) is 0 Å². The summed E-state index contributed by atoms with van der Waals surface area (Å²) in [6.07, 6.45) is 2.88. The van der Waals surface area contributed by atoms with Gasteiger partial charge in [-0.2, -0.15) is 0 Å². The molecule has 1 aliphatic rings. The zero-order chi connectivity index (χ0) is 20.2. The number of piperazine rings is 1. The number of aryl methyl sites for hydroxylation is 1. The summed E-state index contributed by atoms with van der Waals surface area (Å²) in [5, 5.41) is 2.86. The van der Waals surface area contributed by atoms with Gasteiger partial charge in [0.25, 0.3) is 11.8 Å². The van der Waals surface area contributed by atoms with E-state index in [0.717, 1.165) is 11.3 Å². The molecule has 3 heterocycles. The van der Waals surface area contributed by atoms with E-state index in [2.05, 4.69) is 15.3 Å². The van der Waals surface area contributed by atoms with E-state index in [9.17, 15) is 9.59 Å². The van der Waals surface area contributed by atoms with Crippen LogP contribution in [0.25, 0.3) is 0 Å². The molecule has 0 spiro atoms. The fraction of sp³-hybridized carbons (Fsp3) is 0.238. The molecule has 2 amide bonds. The van der Waals surface area contributed by atoms with Gasteiger partial charge in [-0.15, -0.1) is 0 Å². The van der Waals surface area contributed by atoms with Gasteiger partial charge in [0.1, 0.15) is 17.8 Å². The number of carbonyl (C=O) groups excluding carboxylic acids is 2. The van der Waals surface area contributed by atoms with E-state index >= 15 is 0 Å². The van der Waals surface area contributed by atoms with E-state index < -0.39 is 0 Å². The van der Waals surface area contributed by atoms with Gasteiger partial charge in [-0.3, -0.25) is 9.59 Å². The van der Waals surface area contributed by atoms with Crippen molar-refractivity contribution in [3.8, 4) is 0 Å². The molecule has 0 saturated carbocycles. The molecule has 29 heavy (non-hydrogen) atoms. The Kier molecular flexibility index (Phi) is 5.24. The van der Waals surface area contributed by atoms with Crippen LogP contribution in [0.1, 0.15) is 26.6 Å². The first-order chi connectivity index (χ1) is 14.1. The largest absolute Gasteiger partial charge is 0.459 e. The Morgan fingerprint density at radius 2 is 1.86 bits per heavy atom. The second kappa shape index (κ2) is 8.14. The third kappa shape index (κ3) is 4.26. The third-order valence-electron chi connectivity index (χ3n) is 4.78. The summed E-state index contributed by atoms with van der Waals surface area (Å²) in [7, 11) is 0. The fourth-order valence-electron chi connectivity index (χ4n) is 3.26. The number of hydrogen-bond acceptors (Lipinski definition) is 6. The molecule has 8 heteroatoms. The Balaban J connectivity index is 1.40. The maximum atomic E-state index is 12.5. The van der Waals surface area contributed by atoms with Crippen LogP contribution >= 0.6 is 0 Å². The second-order valence-corrected chi connectivity index (χ2v) is 6.84. The normalized spacial score (nSPS) is 14.0. The average Bonchev–Trinajstić information content (AvgIpc) is 3.28. The van der Waals surface area contributed by atoms with Crippen LogP contribution in [0.5, 0.6) is 0 Å². The highest BCUT2D eigenvalue weighted by molar-refractivity contribution is 6.03. The van der Waals surface area contributed by atoms with Crippen molar-refractivity contribution in [2.24, 2.45) is 0 Å². The van der Waals surface area contributed by atoms with Crippen molar-refractivity contribution in [1.82, 2.24) is 14.9 Å². The molecule has 1 aliphatic heterocycles. The van der Waals surface area contributed by atoms with Crippen molar-refractivity contribution in [1.29, 1.82) is 0 Å². The van der Waals surface area contributed by atoms with Gasteiger partial charge in [0.05, 0.1) is 6.26 Å². The van der Waals surface area contributed by atoms with Crippen LogP contribution in [0.4, 0.5) is 11.5 Å². The summed E-state index contributed by atoms with van der Waals surface area (Å²) in [5.41, 5.74) is 2.08. The van der Waals surface area contributed by atoms with Crippen LogP contribution in [0.15, 0.2) is 59.5 Å². The van der Waals surface area contributed by atoms with Gasteiger partial charge in [-0.05, 0) is 36.8 Å². The van der Waals surface area contributed by atoms with Crippen LogP contribution < -0.4 is 10.2 Å². The minimum absolute atomic E-state index is 0.115. The highest BCUT2D eigenvalue weighted by Gasteiger charge is 2.24. The first-order valence-electron chi connectivity index (χ1n) is 9.38. The zero-order valence-electron chi connectivity index (χ0n) is 16.0. The highest BCUT2D eigenvalue weighted by Crippen LogP contribution is 2.17. The van der Waals surface area contributed by atoms with Crippen LogP contribution in [0.3, 0.4) is 0 Å². The van der Waals surface area contributed by atoms with Crippen molar-refractivity contribution in [2.75, 3.05) is 36.4 Å². The molecule has 0 aliphatic carbocycles. The fourth-order valence-corrected chi connectivity index (χ4v) is 3.26. The standard InChI is InChI=1S/C21H21N5O3/c1-15-4-2-5-16(12-15)24-20(27)17-13-19(23-14-22-17)25-7-9-26(10-8-25)21(28)18-6-3-11-29-18/h2-6,11-14H,7-10H2,1H3,(H,24,27). The topological polar surface area (TPSA) is 91.6 Å². The van der Waals surface area contributed by atoms with E-state index in [4.69, 9.17) is 4.42 Å². The number of furan rings is 1. The zero-order valence-corrected chi connectivity index (χ0v) is 16.0. The number of rotatable bonds is 4. The lowest BCUT2D eigenvalue weighted by Gasteiger charge is -2.35. The van der Waals surface area contributed by atoms with E-state index in [-0.39, 0.29) is 11.8 Å². The van der Waals surface area contributed by atoms with E-state index in [1.54, 1.807) is 23.1 Å². The van der Waals surface area contributed by atoms with Gasteiger partial charge < -0.3 is 19.5 Å². The molecule has 1 aromatic carbocycles. The van der Waals surface area contributed by atoms with Gasteiger partial charge in [-0.1, -0.05) is 12.1 Å². The van der Waals surface area contributed by atoms with Crippen LogP contribution in [-0.2, 0) is 0 Å². The Morgan fingerprint density at radius 3 is 2.59 bits per heavy atom. The van der Waals surface area contributed by atoms with Crippen molar-refractivity contribution in [3.05, 3.63) is 72.1 Å². The maximum Gasteiger partial charge on any atom is 0.289 e. The minimum Gasteiger partial charge on any atom is -0.459 e. The van der Waals surface area contributed by atoms with Gasteiger partial charge in [-0.25, -0.2) is 9.97 Å². The van der Waals surface area contributed by atoms with Crippen molar-refractivity contribution in [3.63, 3.8) is 0 Å². The van der Waals surface area contributed by atoms with Gasteiger partial charge >= 0.3 is 0 Å². The lowest BCUT2D eigenvalue weighted by Crippen LogP contribution is -2.49. The van der Waals surface area contributed by atoms with Crippen molar-refractivity contribution < 1.29 is 14.0 Å². The van der Waals surface area contributed by atoms with Crippen molar-refractivity contribution >= 4 is 23.3 Å². The minimum atomic E-state index is -0.286. The number of amides is 2. The molecular weight excluding hydrogens is 370 g/mol. The monoisotopic (exact) mass is 391 g/mol. The smallest absolute Gasteiger partial charge is 0.289 e. The average molecular weight is 391 g/mol. The molecule has 8 nitrogen and oxygen atoms in total. The number of nitrogens with one attached hydrogen (secondary N) is 1. The molecule has 1 saturated heterocycles. The molecule has 0 bridgehead atoms. The number of nitrogens with zero attached hydrogens (tertiary/aromatic N) is 4. The molecule has 4 rings (SSSR count). The molecule has 2 aromatic heterocycles. The molecule has 148 valence electrons. The number of hydrogen-bond donors (Lipinski definition) is 1. The Morgan fingerprint density at radius 1 is 1.03 bits per heavy atom. The first-order valence-corrected chi connectivity index (χ1v) is 9.38. The number of anilines is 2. The predicted octanol–water partition coefficient (Wildman–Crippen LogP) is 2.59. The Bertz CT molecular complexity index is 1010. The quantitative estimate of drug-likeness (QED) is 0.735. The summed E-state index contributed by atoms with van der Waals surface area (Å²) in [4.78, 5) is 37.1. The molecule has 3 aromatic rings. The molecule has 0 radical (unpaired) electrons. The lowest BCUT2D eigenvalue weighted by atomic mass is 10.2. The summed E-state index contributed by atoms with van der Waals surface area (Å²) in [6.45, 7) is 4.29. The van der Waals surface area contributed by atoms with E-state index in [1.165, 1.54) is 12.6 Å². The summed E-state index contributed by atoms with van der Waals surface area (Å²) >= 11 is 0. The summed E-state index contributed by atoms with van der Waals surface area (Å²) in [5.74, 6) is 0.608. The number of carbonyl (C=O) groups is 2. The molecular formula is C21H21N5O3. The lowest BCUT2D eigenvalue weighted by molar-refractivity contribution is 0.0714. The summed E-state index contributed by atoms with van der Waals surface area (Å²) in [6, 6.07) is 12.6. The maximum absolute atomic E-state index is 12.5. The Hall–Kier alpha value is -3.68. The van der Waals surface area contributed by atoms with Crippen LogP contribution in [0, 0.1) is 6.92 Å². The molecule has 1 fully saturated rings. The van der Waals surface area contributed by atoms with Crippen LogP contribution in [-0.4, -0.2) is 52.9 Å². The van der Waals surface area contributed by atoms with Gasteiger partial charge in [0, 0.05) is 37.9 Å². The second-order valence-electron chi connectivity index (χ2n) is 6.84. The SMILES string of the molecule is Cc1cccc(NC(=O)c2cc(N3CCN(C(=O)c4ccco4)CC3)ncn2)c1. The highest BCUT2D eigenvalue weighted by atomic mass is 16.3. The van der Waals surface area contributed by atoms with E-state index in [1.807, 2.05) is 36.1 Å². The molecule has 1 N–H and O–H groups in total. The molecule has 0 atom stereocenters. The van der Waals surface area contributed by atoms with Crippen molar-refractivity contribution in [2.45, 2.75) is 6.92 Å². The van der Waals surface area contributed by atoms with E-state index in [0.29, 0.717) is 43.5 Å². The first kappa shape index (κ1) is 18.7. The molecule has 0 unspecified atom stereocenters. The predicted molar refractivity (Wildman–Crippen MR) is 108 cm³/mol. The summed E-state index contributed by atoms with van der Waals surface area (Å²) < 4.78 is 5.19. The third-order valence-corrected chi connectivity index (χ3v) is 4.78. The number of benzene rings is 1. The van der Waals surface area contributed by atoms with Gasteiger partial charge in [0.15, 0.2) is 5.76 Å². The Labute approximate surface area is 168 Å².